The zero-order valence-electron chi connectivity index (χ0n) is 45.5. The average Bonchev–Trinajstić information content (AvgIpc) is 3.71. The molecule has 0 spiro atoms. The van der Waals surface area contributed by atoms with Crippen molar-refractivity contribution >= 4 is 57.4 Å². The summed E-state index contributed by atoms with van der Waals surface area (Å²) >= 11 is 0. The van der Waals surface area contributed by atoms with Crippen molar-refractivity contribution in [1.29, 1.82) is 0 Å². The molecule has 6 aromatic rings. The summed E-state index contributed by atoms with van der Waals surface area (Å²) in [4.78, 5) is 5.39. The fourth-order valence-electron chi connectivity index (χ4n) is 15.4. The third kappa shape index (κ3) is 5.83. The van der Waals surface area contributed by atoms with Gasteiger partial charge in [0.25, 0.3) is 6.71 Å². The van der Waals surface area contributed by atoms with E-state index in [1.165, 1.54) is 144 Å². The van der Waals surface area contributed by atoms with Crippen molar-refractivity contribution in [3.05, 3.63) is 135 Å². The molecule has 1 aromatic heterocycles. The molecular formula is C66H77BN2O. The molecule has 4 aliphatic heterocycles. The van der Waals surface area contributed by atoms with Gasteiger partial charge in [0, 0.05) is 28.3 Å². The molecule has 1 atom stereocenters. The van der Waals surface area contributed by atoms with E-state index in [1.807, 2.05) is 0 Å². The van der Waals surface area contributed by atoms with Gasteiger partial charge in [-0.1, -0.05) is 133 Å². The third-order valence-corrected chi connectivity index (χ3v) is 20.6. The molecule has 0 fully saturated rings. The second-order valence-electron chi connectivity index (χ2n) is 28.5. The summed E-state index contributed by atoms with van der Waals surface area (Å²) in [6.07, 6.45) is 9.20. The van der Waals surface area contributed by atoms with E-state index in [0.717, 1.165) is 25.1 Å². The lowest BCUT2D eigenvalue weighted by Gasteiger charge is -2.48. The summed E-state index contributed by atoms with van der Waals surface area (Å²) in [5.74, 6) is 2.20. The van der Waals surface area contributed by atoms with Gasteiger partial charge in [0.15, 0.2) is 5.88 Å². The number of aryl methyl sites for hydroxylation is 1. The first kappa shape index (κ1) is 44.9. The van der Waals surface area contributed by atoms with Crippen LogP contribution in [0, 0.1) is 6.92 Å². The minimum absolute atomic E-state index is 0.0170. The van der Waals surface area contributed by atoms with Crippen molar-refractivity contribution < 1.29 is 4.42 Å². The van der Waals surface area contributed by atoms with E-state index in [2.05, 4.69) is 199 Å². The molecule has 0 saturated carbocycles. The van der Waals surface area contributed by atoms with Crippen LogP contribution < -0.4 is 26.2 Å². The topological polar surface area (TPSA) is 19.6 Å². The lowest BCUT2D eigenvalue weighted by atomic mass is 9.32. The van der Waals surface area contributed by atoms with E-state index >= 15 is 0 Å². The molecule has 14 rings (SSSR count). The predicted octanol–water partition coefficient (Wildman–Crippen LogP) is 16.1. The highest BCUT2D eigenvalue weighted by Gasteiger charge is 2.55. The maximum atomic E-state index is 7.99. The van der Waals surface area contributed by atoms with Crippen LogP contribution in [0.1, 0.15) is 211 Å². The molecule has 4 heteroatoms. The van der Waals surface area contributed by atoms with Crippen molar-refractivity contribution in [3.8, 4) is 11.1 Å². The molecule has 0 N–H and O–H groups in total. The van der Waals surface area contributed by atoms with E-state index < -0.39 is 0 Å². The van der Waals surface area contributed by atoms with Crippen LogP contribution in [0.2, 0.25) is 0 Å². The Labute approximate surface area is 420 Å². The number of hydrogen-bond donors (Lipinski definition) is 0. The maximum Gasteiger partial charge on any atom is 0.256 e. The maximum absolute atomic E-state index is 7.99. The highest BCUT2D eigenvalue weighted by Crippen LogP contribution is 2.59. The molecule has 1 unspecified atom stereocenters. The fraction of sp³-hybridized carbons (Fsp3) is 0.485. The first-order valence-electron chi connectivity index (χ1n) is 27.2. The number of nitrogens with zero attached hydrogens (tertiary/aromatic N) is 2. The van der Waals surface area contributed by atoms with Gasteiger partial charge in [0.05, 0.1) is 11.1 Å². The van der Waals surface area contributed by atoms with Gasteiger partial charge < -0.3 is 9.32 Å². The van der Waals surface area contributed by atoms with Gasteiger partial charge in [0.1, 0.15) is 5.76 Å². The second kappa shape index (κ2) is 13.6. The number of hydrogen-bond acceptors (Lipinski definition) is 3. The smallest absolute Gasteiger partial charge is 0.256 e. The Bertz CT molecular complexity index is 3290. The molecule has 0 amide bonds. The zero-order chi connectivity index (χ0) is 49.4. The highest BCUT2D eigenvalue weighted by atomic mass is 16.4. The molecule has 0 saturated heterocycles. The van der Waals surface area contributed by atoms with Gasteiger partial charge >= 0.3 is 0 Å². The van der Waals surface area contributed by atoms with E-state index in [9.17, 15) is 0 Å². The van der Waals surface area contributed by atoms with E-state index in [4.69, 9.17) is 4.42 Å². The van der Waals surface area contributed by atoms with Gasteiger partial charge in [0.2, 0.25) is 0 Å². The van der Waals surface area contributed by atoms with Crippen LogP contribution in [-0.4, -0.2) is 6.71 Å². The van der Waals surface area contributed by atoms with Gasteiger partial charge in [-0.25, -0.2) is 0 Å². The van der Waals surface area contributed by atoms with Gasteiger partial charge in [-0.2, -0.15) is 0 Å². The van der Waals surface area contributed by atoms with Crippen molar-refractivity contribution in [2.24, 2.45) is 0 Å². The summed E-state index contributed by atoms with van der Waals surface area (Å²) in [5, 5.41) is 0. The molecular weight excluding hydrogens is 848 g/mol. The van der Waals surface area contributed by atoms with E-state index in [0.29, 0.717) is 0 Å². The molecule has 5 aromatic carbocycles. The molecule has 0 radical (unpaired) electrons. The Morgan fingerprint density at radius 2 is 0.914 bits per heavy atom. The number of benzene rings is 5. The zero-order valence-corrected chi connectivity index (χ0v) is 45.5. The summed E-state index contributed by atoms with van der Waals surface area (Å²) in [5.41, 5.74) is 26.3. The average molecular weight is 925 g/mol. The summed E-state index contributed by atoms with van der Waals surface area (Å²) in [7, 11) is 0. The van der Waals surface area contributed by atoms with Crippen molar-refractivity contribution in [1.82, 2.24) is 0 Å². The van der Waals surface area contributed by atoms with Crippen LogP contribution in [0.4, 0.5) is 34.3 Å². The Hall–Kier alpha value is -4.96. The Morgan fingerprint density at radius 1 is 0.429 bits per heavy atom. The minimum atomic E-state index is -0.286. The third-order valence-electron chi connectivity index (χ3n) is 20.6. The first-order chi connectivity index (χ1) is 32.7. The number of rotatable bonds is 1. The largest absolute Gasteiger partial charge is 0.444 e. The lowest BCUT2D eigenvalue weighted by Crippen LogP contribution is -2.63. The first-order valence-corrected chi connectivity index (χ1v) is 27.2. The van der Waals surface area contributed by atoms with Gasteiger partial charge in [-0.15, -0.1) is 0 Å². The molecule has 5 heterocycles. The normalized spacial score (nSPS) is 24.3. The standard InChI is InChI=1S/C66H77BN2O/c1-38-31-52-55-53(32-38)69-50-36-47-45(61(6,7)25-27-63(47,10)11)34-42(50)39-17-19-40(20-18-39)66(16)30-29-65(14,15)54-56(58(69)70-57(54)66)67(55)49-35-46-48(64(12,13)28-26-62(46,8)9)37-51(49)68(52)41-21-22-43-44(33-41)60(4,5)24-23-59(43,2)3/h17-22,31-37H,23-30H2,1-16H3. The predicted molar refractivity (Wildman–Crippen MR) is 297 cm³/mol. The lowest BCUT2D eigenvalue weighted by molar-refractivity contribution is 0.298. The van der Waals surface area contributed by atoms with Crippen LogP contribution in [0.15, 0.2) is 83.3 Å². The summed E-state index contributed by atoms with van der Waals surface area (Å²) in [6, 6.07) is 33.1. The van der Waals surface area contributed by atoms with Crippen LogP contribution in [0.25, 0.3) is 11.1 Å². The van der Waals surface area contributed by atoms with Crippen molar-refractivity contribution in [2.75, 3.05) is 9.80 Å². The molecule has 4 bridgehead atoms. The Kier molecular flexibility index (Phi) is 8.70. The van der Waals surface area contributed by atoms with Crippen molar-refractivity contribution in [2.45, 2.75) is 205 Å². The quantitative estimate of drug-likeness (QED) is 0.153. The fourth-order valence-corrected chi connectivity index (χ4v) is 15.4. The van der Waals surface area contributed by atoms with Crippen LogP contribution in [0.3, 0.4) is 0 Å². The van der Waals surface area contributed by atoms with Crippen LogP contribution >= 0.6 is 0 Å². The van der Waals surface area contributed by atoms with Gasteiger partial charge in [-0.05, 0) is 218 Å². The van der Waals surface area contributed by atoms with E-state index in [-0.39, 0.29) is 50.0 Å². The Balaban J connectivity index is 1.20. The van der Waals surface area contributed by atoms with Crippen LogP contribution in [0.5, 0.6) is 0 Å². The number of anilines is 6. The minimum Gasteiger partial charge on any atom is -0.444 e. The molecule has 3 nitrogen and oxygen atoms in total. The Morgan fingerprint density at radius 3 is 1.50 bits per heavy atom. The molecule has 4 aliphatic carbocycles. The monoisotopic (exact) mass is 925 g/mol. The number of furan rings is 1. The molecule has 8 aliphatic rings. The number of fused-ring (bicyclic) bond motifs is 9. The SMILES string of the molecule is Cc1cc2c3c(c1)N1c4cc5c(cc4-c4ccc(cc4)C4(C)CCC(C)(C)c6c4oc1c6B3c1cc3c(cc1N2c1ccc2c(c1)C(C)(C)CCC2(C)C)C(C)(C)CCC3(C)C)C(C)(C)CCC5(C)C. The van der Waals surface area contributed by atoms with Crippen molar-refractivity contribution in [3.63, 3.8) is 0 Å². The summed E-state index contributed by atoms with van der Waals surface area (Å²) < 4.78 is 7.99. The van der Waals surface area contributed by atoms with E-state index in [1.54, 1.807) is 0 Å². The van der Waals surface area contributed by atoms with Crippen LogP contribution in [-0.2, 0) is 43.3 Å². The molecule has 360 valence electrons. The molecule has 70 heavy (non-hydrogen) atoms. The summed E-state index contributed by atoms with van der Waals surface area (Å²) in [6.45, 7) is 39.7. The van der Waals surface area contributed by atoms with Gasteiger partial charge in [-0.3, -0.25) is 4.90 Å². The highest BCUT2D eigenvalue weighted by molar-refractivity contribution is 7.00. The second-order valence-corrected chi connectivity index (χ2v) is 28.5.